The minimum atomic E-state index is -0.255. The smallest absolute Gasteiger partial charge is 0.261 e. The Hall–Kier alpha value is -3.28. The highest BCUT2D eigenvalue weighted by Crippen LogP contribution is 2.09. The molecule has 1 amide bonds. The second kappa shape index (κ2) is 7.32. The molecule has 0 atom stereocenters. The first-order valence-electron chi connectivity index (χ1n) is 7.56. The van der Waals surface area contributed by atoms with Crippen molar-refractivity contribution in [2.24, 2.45) is 5.10 Å². The number of nitrogens with zero attached hydrogens (tertiary/aromatic N) is 4. The van der Waals surface area contributed by atoms with Crippen molar-refractivity contribution in [3.63, 3.8) is 0 Å². The lowest BCUT2D eigenvalue weighted by atomic mass is 10.1. The third-order valence-electron chi connectivity index (χ3n) is 3.36. The summed E-state index contributed by atoms with van der Waals surface area (Å²) in [4.78, 5) is 12.0. The van der Waals surface area contributed by atoms with Gasteiger partial charge in [-0.05, 0) is 30.2 Å². The molecular formula is C18H17N5O. The zero-order valence-electron chi connectivity index (χ0n) is 13.3. The number of nitrogens with one attached hydrogen (secondary N) is 1. The van der Waals surface area contributed by atoms with Crippen LogP contribution in [0.15, 0.2) is 65.3 Å². The van der Waals surface area contributed by atoms with Gasteiger partial charge in [-0.15, -0.1) is 5.10 Å². The fourth-order valence-corrected chi connectivity index (χ4v) is 2.26. The molecule has 6 heteroatoms. The lowest BCUT2D eigenvalue weighted by Gasteiger charge is -2.01. The van der Waals surface area contributed by atoms with Crippen molar-refractivity contribution in [3.05, 3.63) is 65.7 Å². The maximum absolute atomic E-state index is 12.0. The van der Waals surface area contributed by atoms with Crippen LogP contribution < -0.4 is 5.43 Å². The Labute approximate surface area is 139 Å². The summed E-state index contributed by atoms with van der Waals surface area (Å²) < 4.78 is 1.55. The molecule has 120 valence electrons. The second-order valence-electron chi connectivity index (χ2n) is 5.33. The van der Waals surface area contributed by atoms with Crippen LogP contribution in [-0.4, -0.2) is 27.1 Å². The molecular weight excluding hydrogens is 302 g/mol. The molecule has 0 aliphatic carbocycles. The van der Waals surface area contributed by atoms with E-state index in [1.54, 1.807) is 10.9 Å². The van der Waals surface area contributed by atoms with E-state index in [4.69, 9.17) is 0 Å². The highest BCUT2D eigenvalue weighted by Gasteiger charge is 2.07. The predicted octanol–water partition coefficient (Wildman–Crippen LogP) is 2.64. The highest BCUT2D eigenvalue weighted by molar-refractivity contribution is 5.86. The Bertz CT molecular complexity index is 896. The van der Waals surface area contributed by atoms with Gasteiger partial charge in [-0.3, -0.25) is 4.79 Å². The van der Waals surface area contributed by atoms with Crippen molar-refractivity contribution in [2.75, 3.05) is 0 Å². The van der Waals surface area contributed by atoms with Crippen molar-refractivity contribution in [1.29, 1.82) is 0 Å². The zero-order valence-corrected chi connectivity index (χ0v) is 13.3. The average Bonchev–Trinajstić information content (AvgIpc) is 2.99. The van der Waals surface area contributed by atoms with E-state index in [0.717, 1.165) is 22.2 Å². The van der Waals surface area contributed by atoms with Crippen LogP contribution in [0.3, 0.4) is 0 Å². The number of aromatic nitrogens is 3. The first-order chi connectivity index (χ1) is 11.7. The molecule has 0 spiro atoms. The van der Waals surface area contributed by atoms with Crippen molar-refractivity contribution >= 4 is 29.2 Å². The predicted molar refractivity (Wildman–Crippen MR) is 94.3 cm³/mol. The van der Waals surface area contributed by atoms with Gasteiger partial charge in [-0.1, -0.05) is 53.8 Å². The van der Waals surface area contributed by atoms with Crippen molar-refractivity contribution in [1.82, 2.24) is 20.4 Å². The summed E-state index contributed by atoms with van der Waals surface area (Å²) in [6, 6.07) is 17.4. The minimum absolute atomic E-state index is 0.0688. The molecule has 0 saturated heterocycles. The number of hydrogen-bond donors (Lipinski definition) is 1. The summed E-state index contributed by atoms with van der Waals surface area (Å²) in [6.45, 7) is 1.99. The molecule has 0 aliphatic heterocycles. The van der Waals surface area contributed by atoms with E-state index in [2.05, 4.69) is 20.8 Å². The average molecular weight is 319 g/mol. The molecule has 0 saturated carbocycles. The van der Waals surface area contributed by atoms with Crippen LogP contribution in [0.5, 0.6) is 0 Å². The number of rotatable bonds is 5. The molecule has 0 bridgehead atoms. The fourth-order valence-electron chi connectivity index (χ4n) is 2.26. The third kappa shape index (κ3) is 3.92. The van der Waals surface area contributed by atoms with Crippen LogP contribution in [0.1, 0.15) is 12.5 Å². The normalized spacial score (nSPS) is 12.0. The Morgan fingerprint density at radius 1 is 1.17 bits per heavy atom. The van der Waals surface area contributed by atoms with Gasteiger partial charge in [0, 0.05) is 0 Å². The molecule has 24 heavy (non-hydrogen) atoms. The Morgan fingerprint density at radius 2 is 1.92 bits per heavy atom. The standard InChI is InChI=1S/C18H17N5O/c1-14(11-15-7-3-2-4-8-15)12-19-21-18(24)13-23-17-10-6-5-9-16(17)20-22-23/h2-12H,13H2,1H3,(H,21,24). The summed E-state index contributed by atoms with van der Waals surface area (Å²) in [5, 5.41) is 12.0. The molecule has 1 aromatic heterocycles. The van der Waals surface area contributed by atoms with Gasteiger partial charge in [0.05, 0.1) is 11.7 Å². The topological polar surface area (TPSA) is 72.2 Å². The molecule has 0 fully saturated rings. The van der Waals surface area contributed by atoms with Crippen molar-refractivity contribution in [2.45, 2.75) is 13.5 Å². The van der Waals surface area contributed by atoms with E-state index in [-0.39, 0.29) is 12.5 Å². The van der Waals surface area contributed by atoms with Crippen LogP contribution >= 0.6 is 0 Å². The molecule has 0 unspecified atom stereocenters. The Kier molecular flexibility index (Phi) is 4.76. The van der Waals surface area contributed by atoms with Crippen LogP contribution in [0, 0.1) is 0 Å². The van der Waals surface area contributed by atoms with Gasteiger partial charge in [0.2, 0.25) is 0 Å². The molecule has 3 rings (SSSR count). The van der Waals surface area contributed by atoms with Crippen LogP contribution in [0.2, 0.25) is 0 Å². The lowest BCUT2D eigenvalue weighted by Crippen LogP contribution is -2.23. The molecule has 0 aliphatic rings. The number of allylic oxidation sites excluding steroid dienone is 1. The van der Waals surface area contributed by atoms with Gasteiger partial charge in [-0.2, -0.15) is 5.10 Å². The number of hydrazone groups is 1. The quantitative estimate of drug-likeness (QED) is 0.580. The summed E-state index contributed by atoms with van der Waals surface area (Å²) in [5.74, 6) is -0.255. The highest BCUT2D eigenvalue weighted by atomic mass is 16.2. The van der Waals surface area contributed by atoms with E-state index < -0.39 is 0 Å². The van der Waals surface area contributed by atoms with Crippen LogP contribution in [0.25, 0.3) is 17.1 Å². The number of benzene rings is 2. The number of hydrogen-bond acceptors (Lipinski definition) is 4. The van der Waals surface area contributed by atoms with Gasteiger partial charge in [0.25, 0.3) is 5.91 Å². The lowest BCUT2D eigenvalue weighted by molar-refractivity contribution is -0.121. The van der Waals surface area contributed by atoms with E-state index in [0.29, 0.717) is 0 Å². The van der Waals surface area contributed by atoms with Crippen molar-refractivity contribution < 1.29 is 4.79 Å². The maximum atomic E-state index is 12.0. The number of carbonyl (C=O) groups excluding carboxylic acids is 1. The first-order valence-corrected chi connectivity index (χ1v) is 7.56. The van der Waals surface area contributed by atoms with E-state index in [9.17, 15) is 4.79 Å². The Morgan fingerprint density at radius 3 is 2.75 bits per heavy atom. The summed E-state index contributed by atoms with van der Waals surface area (Å²) in [6.07, 6.45) is 3.60. The maximum Gasteiger partial charge on any atom is 0.261 e. The van der Waals surface area contributed by atoms with E-state index in [1.165, 1.54) is 0 Å². The fraction of sp³-hybridized carbons (Fsp3) is 0.111. The van der Waals surface area contributed by atoms with Crippen LogP contribution in [0.4, 0.5) is 0 Å². The zero-order chi connectivity index (χ0) is 16.8. The molecule has 0 radical (unpaired) electrons. The van der Waals surface area contributed by atoms with E-state index >= 15 is 0 Å². The number of fused-ring (bicyclic) bond motifs is 1. The molecule has 2 aromatic carbocycles. The second-order valence-corrected chi connectivity index (χ2v) is 5.33. The largest absolute Gasteiger partial charge is 0.271 e. The minimum Gasteiger partial charge on any atom is -0.271 e. The summed E-state index contributed by atoms with van der Waals surface area (Å²) in [7, 11) is 0. The number of carbonyl (C=O) groups is 1. The van der Waals surface area contributed by atoms with Gasteiger partial charge < -0.3 is 0 Å². The van der Waals surface area contributed by atoms with Gasteiger partial charge in [-0.25, -0.2) is 10.1 Å². The number of para-hydroxylation sites is 1. The molecule has 1 heterocycles. The van der Waals surface area contributed by atoms with E-state index in [1.807, 2.05) is 67.6 Å². The summed E-state index contributed by atoms with van der Waals surface area (Å²) in [5.41, 5.74) is 6.10. The van der Waals surface area contributed by atoms with Gasteiger partial charge >= 0.3 is 0 Å². The molecule has 6 nitrogen and oxygen atoms in total. The first kappa shape index (κ1) is 15.6. The van der Waals surface area contributed by atoms with Crippen molar-refractivity contribution in [3.8, 4) is 0 Å². The molecule has 1 N–H and O–H groups in total. The van der Waals surface area contributed by atoms with Gasteiger partial charge in [0.15, 0.2) is 0 Å². The van der Waals surface area contributed by atoms with Crippen LogP contribution in [-0.2, 0) is 11.3 Å². The third-order valence-corrected chi connectivity index (χ3v) is 3.36. The monoisotopic (exact) mass is 319 g/mol. The number of amides is 1. The molecule has 3 aromatic rings. The Balaban J connectivity index is 1.58. The van der Waals surface area contributed by atoms with Gasteiger partial charge in [0.1, 0.15) is 12.1 Å². The summed E-state index contributed by atoms with van der Waals surface area (Å²) >= 11 is 0. The SMILES string of the molecule is CC(C=NNC(=O)Cn1nnc2ccccc21)=Cc1ccccc1.